The Balaban J connectivity index is 4.63. The zero-order valence-corrected chi connectivity index (χ0v) is 12.6. The summed E-state index contributed by atoms with van der Waals surface area (Å²) < 4.78 is 5.60. The fraction of sp³-hybridized carbons (Fsp3) is 0.938. The summed E-state index contributed by atoms with van der Waals surface area (Å²) in [6.45, 7) is 11.1. The lowest BCUT2D eigenvalue weighted by molar-refractivity contribution is -0.00375. The molecular formula is C16H33O. The van der Waals surface area contributed by atoms with Gasteiger partial charge < -0.3 is 4.74 Å². The number of unbranched alkanes of at least 4 members (excludes halogenated alkanes) is 3. The van der Waals surface area contributed by atoms with E-state index in [1.54, 1.807) is 0 Å². The Bertz CT molecular complexity index is 143. The van der Waals surface area contributed by atoms with E-state index in [0.29, 0.717) is 5.41 Å². The Hall–Kier alpha value is -0.0400. The van der Waals surface area contributed by atoms with Crippen molar-refractivity contribution in [3.8, 4) is 0 Å². The summed E-state index contributed by atoms with van der Waals surface area (Å²) >= 11 is 0. The summed E-state index contributed by atoms with van der Waals surface area (Å²) in [6, 6.07) is 0. The van der Waals surface area contributed by atoms with Crippen molar-refractivity contribution in [3.05, 3.63) is 6.92 Å². The highest BCUT2D eigenvalue weighted by Gasteiger charge is 2.34. The number of hydrogen-bond donors (Lipinski definition) is 0. The first-order valence-corrected chi connectivity index (χ1v) is 7.52. The maximum Gasteiger partial charge on any atom is 0.0628 e. The number of rotatable bonds is 11. The maximum atomic E-state index is 5.60. The van der Waals surface area contributed by atoms with Gasteiger partial charge in [-0.1, -0.05) is 59.3 Å². The third-order valence-electron chi connectivity index (χ3n) is 4.05. The molecule has 0 rings (SSSR count). The average molecular weight is 241 g/mol. The molecule has 0 N–H and O–H groups in total. The molecule has 1 atom stereocenters. The van der Waals surface area contributed by atoms with Gasteiger partial charge in [0.05, 0.1) is 6.10 Å². The van der Waals surface area contributed by atoms with Gasteiger partial charge in [0.2, 0.25) is 0 Å². The molecule has 0 spiro atoms. The quantitative estimate of drug-likeness (QED) is 0.471. The Morgan fingerprint density at radius 1 is 0.882 bits per heavy atom. The van der Waals surface area contributed by atoms with Gasteiger partial charge in [-0.3, -0.25) is 0 Å². The van der Waals surface area contributed by atoms with Crippen LogP contribution in [0.5, 0.6) is 0 Å². The third-order valence-corrected chi connectivity index (χ3v) is 4.05. The molecule has 0 heterocycles. The second-order valence-corrected chi connectivity index (χ2v) is 5.40. The average Bonchev–Trinajstić information content (AvgIpc) is 2.37. The van der Waals surface area contributed by atoms with E-state index in [1.165, 1.54) is 57.8 Å². The van der Waals surface area contributed by atoms with E-state index in [2.05, 4.69) is 27.7 Å². The second kappa shape index (κ2) is 9.94. The molecule has 0 aliphatic carbocycles. The Morgan fingerprint density at radius 2 is 1.24 bits per heavy atom. The van der Waals surface area contributed by atoms with Gasteiger partial charge in [0.25, 0.3) is 0 Å². The molecule has 0 aliphatic rings. The largest absolute Gasteiger partial charge is 0.381 e. The van der Waals surface area contributed by atoms with Gasteiger partial charge in [0.15, 0.2) is 0 Å². The second-order valence-electron chi connectivity index (χ2n) is 5.40. The molecule has 0 aromatic heterocycles. The van der Waals surface area contributed by atoms with E-state index < -0.39 is 0 Å². The Labute approximate surface area is 109 Å². The van der Waals surface area contributed by atoms with E-state index in [4.69, 9.17) is 4.74 Å². The lowest BCUT2D eigenvalue weighted by Gasteiger charge is -2.39. The molecule has 0 bridgehead atoms. The van der Waals surface area contributed by atoms with Crippen molar-refractivity contribution in [2.75, 3.05) is 7.11 Å². The van der Waals surface area contributed by atoms with Crippen molar-refractivity contribution in [2.45, 2.75) is 84.7 Å². The molecular weight excluding hydrogens is 208 g/mol. The molecule has 0 aliphatic heterocycles. The molecule has 1 unspecified atom stereocenters. The van der Waals surface area contributed by atoms with Crippen LogP contribution in [0, 0.1) is 12.3 Å². The van der Waals surface area contributed by atoms with Crippen LogP contribution in [-0.2, 0) is 4.74 Å². The minimum Gasteiger partial charge on any atom is -0.381 e. The predicted molar refractivity (Wildman–Crippen MR) is 77.2 cm³/mol. The van der Waals surface area contributed by atoms with Gasteiger partial charge in [0, 0.05) is 7.11 Å². The zero-order chi connectivity index (χ0) is 13.1. The van der Waals surface area contributed by atoms with Gasteiger partial charge >= 0.3 is 0 Å². The monoisotopic (exact) mass is 241 g/mol. The SMILES string of the molecule is [CH2]C(OC)C(CCCC)(CCCC)CCCC. The topological polar surface area (TPSA) is 9.23 Å². The zero-order valence-electron chi connectivity index (χ0n) is 12.6. The third kappa shape index (κ3) is 5.90. The van der Waals surface area contributed by atoms with Crippen molar-refractivity contribution in [1.82, 2.24) is 0 Å². The van der Waals surface area contributed by atoms with Gasteiger partial charge in [-0.2, -0.15) is 0 Å². The van der Waals surface area contributed by atoms with Gasteiger partial charge in [-0.25, -0.2) is 0 Å². The smallest absolute Gasteiger partial charge is 0.0628 e. The normalized spacial score (nSPS) is 13.9. The van der Waals surface area contributed by atoms with Crippen LogP contribution in [0.3, 0.4) is 0 Å². The van der Waals surface area contributed by atoms with Crippen molar-refractivity contribution in [1.29, 1.82) is 0 Å². The highest BCUT2D eigenvalue weighted by molar-refractivity contribution is 4.88. The minimum atomic E-state index is 0.159. The molecule has 1 heteroatoms. The summed E-state index contributed by atoms with van der Waals surface area (Å²) in [4.78, 5) is 0. The van der Waals surface area contributed by atoms with Gasteiger partial charge in [0.1, 0.15) is 0 Å². The molecule has 0 fully saturated rings. The molecule has 0 saturated carbocycles. The number of hydrogen-bond acceptors (Lipinski definition) is 1. The molecule has 103 valence electrons. The summed E-state index contributed by atoms with van der Waals surface area (Å²) in [6.07, 6.45) is 11.8. The molecule has 0 saturated heterocycles. The van der Waals surface area contributed by atoms with Crippen LogP contribution in [0.4, 0.5) is 0 Å². The summed E-state index contributed by atoms with van der Waals surface area (Å²) in [5.74, 6) is 0. The van der Waals surface area contributed by atoms with Crippen LogP contribution < -0.4 is 0 Å². The molecule has 0 amide bonds. The summed E-state index contributed by atoms with van der Waals surface area (Å²) in [7, 11) is 1.82. The van der Waals surface area contributed by atoms with Crippen molar-refractivity contribution in [3.63, 3.8) is 0 Å². The van der Waals surface area contributed by atoms with Gasteiger partial charge in [-0.05, 0) is 31.6 Å². The Kier molecular flexibility index (Phi) is 9.91. The highest BCUT2D eigenvalue weighted by Crippen LogP contribution is 2.40. The molecule has 1 nitrogen and oxygen atoms in total. The fourth-order valence-corrected chi connectivity index (χ4v) is 2.69. The number of ether oxygens (including phenoxy) is 1. The van der Waals surface area contributed by atoms with E-state index in [0.717, 1.165) is 0 Å². The minimum absolute atomic E-state index is 0.159. The maximum absolute atomic E-state index is 5.60. The summed E-state index contributed by atoms with van der Waals surface area (Å²) in [5, 5.41) is 0. The van der Waals surface area contributed by atoms with E-state index in [1.807, 2.05) is 7.11 Å². The van der Waals surface area contributed by atoms with Crippen LogP contribution >= 0.6 is 0 Å². The van der Waals surface area contributed by atoms with Crippen LogP contribution in [0.1, 0.15) is 78.6 Å². The van der Waals surface area contributed by atoms with Crippen molar-refractivity contribution in [2.24, 2.45) is 5.41 Å². The van der Waals surface area contributed by atoms with Crippen LogP contribution in [-0.4, -0.2) is 13.2 Å². The van der Waals surface area contributed by atoms with Crippen LogP contribution in [0.15, 0.2) is 0 Å². The fourth-order valence-electron chi connectivity index (χ4n) is 2.69. The molecule has 1 radical (unpaired) electrons. The predicted octanol–water partition coefficient (Wildman–Crippen LogP) is 5.39. The first kappa shape index (κ1) is 17.0. The van der Waals surface area contributed by atoms with E-state index in [9.17, 15) is 0 Å². The number of methoxy groups -OCH3 is 1. The first-order chi connectivity index (χ1) is 8.16. The van der Waals surface area contributed by atoms with Gasteiger partial charge in [-0.15, -0.1) is 0 Å². The van der Waals surface area contributed by atoms with E-state index in [-0.39, 0.29) is 6.10 Å². The lowest BCUT2D eigenvalue weighted by atomic mass is 9.70. The molecule has 17 heavy (non-hydrogen) atoms. The standard InChI is InChI=1S/C16H33O/c1-6-9-12-16(13-10-7-2,14-11-8-3)15(4)17-5/h15H,4,6-14H2,1-3,5H3. The highest BCUT2D eigenvalue weighted by atomic mass is 16.5. The molecule has 0 aromatic carbocycles. The van der Waals surface area contributed by atoms with Crippen LogP contribution in [0.25, 0.3) is 0 Å². The van der Waals surface area contributed by atoms with Crippen LogP contribution in [0.2, 0.25) is 0 Å². The van der Waals surface area contributed by atoms with Crippen molar-refractivity contribution >= 4 is 0 Å². The first-order valence-electron chi connectivity index (χ1n) is 7.52. The molecule has 0 aromatic rings. The van der Waals surface area contributed by atoms with Crippen molar-refractivity contribution < 1.29 is 4.74 Å². The van der Waals surface area contributed by atoms with E-state index >= 15 is 0 Å². The lowest BCUT2D eigenvalue weighted by Crippen LogP contribution is -2.35. The Morgan fingerprint density at radius 3 is 1.47 bits per heavy atom. The summed E-state index contributed by atoms with van der Waals surface area (Å²) in [5.41, 5.74) is 0.330.